The number of fused-ring (bicyclic) bond motifs is 4. The van der Waals surface area contributed by atoms with E-state index in [1.54, 1.807) is 4.90 Å². The van der Waals surface area contributed by atoms with Crippen LogP contribution in [0, 0.1) is 5.41 Å². The van der Waals surface area contributed by atoms with Crippen LogP contribution in [0.25, 0.3) is 22.2 Å². The summed E-state index contributed by atoms with van der Waals surface area (Å²) < 4.78 is 13.8. The number of nitrogens with zero attached hydrogens (tertiary/aromatic N) is 3. The highest BCUT2D eigenvalue weighted by atomic mass is 16.6. The number of nitrogens with one attached hydrogen (secondary N) is 1. The first-order valence-electron chi connectivity index (χ1n) is 15.3. The Morgan fingerprint density at radius 1 is 0.909 bits per heavy atom. The molecule has 0 spiro atoms. The molecular weight excluding hydrogens is 552 g/mol. The van der Waals surface area contributed by atoms with Crippen LogP contribution in [-0.2, 0) is 27.9 Å². The van der Waals surface area contributed by atoms with Crippen molar-refractivity contribution in [3.63, 3.8) is 0 Å². The molecule has 4 aromatic rings. The number of hydrogen-bond acceptors (Lipinski definition) is 6. The van der Waals surface area contributed by atoms with Crippen LogP contribution >= 0.6 is 0 Å². The van der Waals surface area contributed by atoms with Gasteiger partial charge >= 0.3 is 12.1 Å². The summed E-state index contributed by atoms with van der Waals surface area (Å²) in [6.45, 7) is 12.7. The van der Waals surface area contributed by atoms with Crippen molar-refractivity contribution < 1.29 is 19.1 Å². The van der Waals surface area contributed by atoms with Gasteiger partial charge in [-0.25, -0.2) is 9.78 Å². The summed E-state index contributed by atoms with van der Waals surface area (Å²) in [6.07, 6.45) is -0.426. The lowest BCUT2D eigenvalue weighted by atomic mass is 9.86. The number of aryl methyl sites for hydroxylation is 1. The molecule has 1 aliphatic carbocycles. The average Bonchev–Trinajstić information content (AvgIpc) is 3.45. The fraction of sp³-hybridized carbons (Fsp3) is 0.417. The van der Waals surface area contributed by atoms with E-state index in [1.165, 1.54) is 11.1 Å². The van der Waals surface area contributed by atoms with Crippen molar-refractivity contribution in [1.82, 2.24) is 19.8 Å². The summed E-state index contributed by atoms with van der Waals surface area (Å²) in [5, 5.41) is 3.37. The second-order valence-corrected chi connectivity index (χ2v) is 13.6. The van der Waals surface area contributed by atoms with Gasteiger partial charge in [-0.05, 0) is 60.6 Å². The average molecular weight is 597 g/mol. The number of para-hydroxylation sites is 2. The SMILES string of the molecule is Cn1c(CN(CCN[C@H](C(=O)OC(C)(C)C)C(C)(C)C)C(=O)OCC2c3ccccc3-c3ccccc32)nc2ccccc21. The van der Waals surface area contributed by atoms with E-state index >= 15 is 0 Å². The third-order valence-corrected chi connectivity index (χ3v) is 8.04. The van der Waals surface area contributed by atoms with Gasteiger partial charge in [-0.1, -0.05) is 81.4 Å². The minimum atomic E-state index is -0.601. The predicted octanol–water partition coefficient (Wildman–Crippen LogP) is 6.67. The van der Waals surface area contributed by atoms with Crippen LogP contribution in [-0.4, -0.2) is 57.9 Å². The number of carbonyl (C=O) groups is 2. The summed E-state index contributed by atoms with van der Waals surface area (Å²) in [5.74, 6) is 0.395. The van der Waals surface area contributed by atoms with E-state index in [4.69, 9.17) is 14.5 Å². The van der Waals surface area contributed by atoms with Crippen LogP contribution in [0.4, 0.5) is 4.79 Å². The second-order valence-electron chi connectivity index (χ2n) is 13.6. The molecule has 3 aromatic carbocycles. The summed E-state index contributed by atoms with van der Waals surface area (Å²) in [6, 6.07) is 23.9. The summed E-state index contributed by atoms with van der Waals surface area (Å²) in [4.78, 5) is 33.4. The third-order valence-electron chi connectivity index (χ3n) is 8.04. The molecule has 5 rings (SSSR count). The van der Waals surface area contributed by atoms with E-state index in [1.807, 2.05) is 102 Å². The molecule has 1 atom stereocenters. The Kier molecular flexibility index (Phi) is 8.84. The van der Waals surface area contributed by atoms with Gasteiger partial charge in [0.25, 0.3) is 0 Å². The molecule has 0 radical (unpaired) electrons. The van der Waals surface area contributed by atoms with Crippen molar-refractivity contribution in [3.05, 3.63) is 89.7 Å². The molecule has 0 unspecified atom stereocenters. The van der Waals surface area contributed by atoms with Crippen LogP contribution < -0.4 is 5.32 Å². The zero-order valence-electron chi connectivity index (χ0n) is 26.9. The zero-order chi connectivity index (χ0) is 31.6. The lowest BCUT2D eigenvalue weighted by Gasteiger charge is -2.33. The quantitative estimate of drug-likeness (QED) is 0.217. The number of benzene rings is 3. The maximum absolute atomic E-state index is 13.8. The van der Waals surface area contributed by atoms with Gasteiger partial charge in [-0.15, -0.1) is 0 Å². The van der Waals surface area contributed by atoms with Gasteiger partial charge in [-0.2, -0.15) is 0 Å². The van der Waals surface area contributed by atoms with Gasteiger partial charge in [0, 0.05) is 26.1 Å². The van der Waals surface area contributed by atoms with Crippen molar-refractivity contribution in [2.45, 2.75) is 65.6 Å². The molecule has 8 heteroatoms. The standard InChI is InChI=1S/C36H44N4O4/c1-35(2,3)32(33(41)44-36(4,5)6)37-20-21-40(22-31-38-29-18-12-13-19-30(29)39(31)7)34(42)43-23-28-26-16-10-8-14-24(26)25-15-9-11-17-27(25)28/h8-19,28,32,37H,20-23H2,1-7H3/t32-/m1/s1. The second kappa shape index (κ2) is 12.4. The van der Waals surface area contributed by atoms with Crippen LogP contribution in [0.3, 0.4) is 0 Å². The first kappa shape index (κ1) is 31.3. The number of esters is 1. The fourth-order valence-corrected chi connectivity index (χ4v) is 5.88. The number of carbonyl (C=O) groups excluding carboxylic acids is 2. The minimum Gasteiger partial charge on any atom is -0.459 e. The van der Waals surface area contributed by atoms with Crippen LogP contribution in [0.5, 0.6) is 0 Å². The lowest BCUT2D eigenvalue weighted by Crippen LogP contribution is -2.51. The maximum Gasteiger partial charge on any atom is 0.410 e. The molecular formula is C36H44N4O4. The van der Waals surface area contributed by atoms with Crippen molar-refractivity contribution in [3.8, 4) is 11.1 Å². The zero-order valence-corrected chi connectivity index (χ0v) is 26.9. The first-order valence-corrected chi connectivity index (χ1v) is 15.3. The van der Waals surface area contributed by atoms with Crippen LogP contribution in [0.2, 0.25) is 0 Å². The molecule has 0 bridgehead atoms. The van der Waals surface area contributed by atoms with E-state index in [-0.39, 0.29) is 25.0 Å². The van der Waals surface area contributed by atoms with E-state index in [2.05, 4.69) is 29.6 Å². The molecule has 0 saturated heterocycles. The minimum absolute atomic E-state index is 0.0421. The van der Waals surface area contributed by atoms with Crippen molar-refractivity contribution >= 4 is 23.1 Å². The van der Waals surface area contributed by atoms with E-state index in [9.17, 15) is 9.59 Å². The molecule has 0 aliphatic heterocycles. The number of ether oxygens (including phenoxy) is 2. The summed E-state index contributed by atoms with van der Waals surface area (Å²) in [5.41, 5.74) is 5.55. The van der Waals surface area contributed by atoms with Gasteiger partial charge in [0.2, 0.25) is 0 Å². The molecule has 232 valence electrons. The van der Waals surface area contributed by atoms with Gasteiger partial charge in [0.1, 0.15) is 24.1 Å². The fourth-order valence-electron chi connectivity index (χ4n) is 5.88. The van der Waals surface area contributed by atoms with Crippen molar-refractivity contribution in [2.75, 3.05) is 19.7 Å². The van der Waals surface area contributed by atoms with Gasteiger partial charge in [-0.3, -0.25) is 9.69 Å². The molecule has 1 heterocycles. The Balaban J connectivity index is 1.34. The topological polar surface area (TPSA) is 85.7 Å². The maximum atomic E-state index is 13.8. The molecule has 44 heavy (non-hydrogen) atoms. The number of hydrogen-bond donors (Lipinski definition) is 1. The Labute approximate surface area is 260 Å². The highest BCUT2D eigenvalue weighted by Crippen LogP contribution is 2.44. The van der Waals surface area contributed by atoms with E-state index < -0.39 is 23.2 Å². The molecule has 1 amide bonds. The van der Waals surface area contributed by atoms with Crippen LogP contribution in [0.1, 0.15) is 64.4 Å². The Morgan fingerprint density at radius 3 is 2.09 bits per heavy atom. The molecule has 8 nitrogen and oxygen atoms in total. The van der Waals surface area contributed by atoms with E-state index in [0.29, 0.717) is 13.1 Å². The molecule has 1 aliphatic rings. The number of rotatable bonds is 9. The molecule has 0 fully saturated rings. The van der Waals surface area contributed by atoms with Crippen LogP contribution in [0.15, 0.2) is 72.8 Å². The van der Waals surface area contributed by atoms with Crippen molar-refractivity contribution in [1.29, 1.82) is 0 Å². The Bertz CT molecular complexity index is 1600. The normalized spacial score (nSPS) is 13.8. The number of aromatic nitrogens is 2. The lowest BCUT2D eigenvalue weighted by molar-refractivity contribution is -0.160. The third kappa shape index (κ3) is 6.81. The van der Waals surface area contributed by atoms with E-state index in [0.717, 1.165) is 28.0 Å². The van der Waals surface area contributed by atoms with Crippen molar-refractivity contribution in [2.24, 2.45) is 12.5 Å². The molecule has 1 aromatic heterocycles. The number of imidazole rings is 1. The summed E-state index contributed by atoms with van der Waals surface area (Å²) in [7, 11) is 1.96. The Morgan fingerprint density at radius 2 is 1.50 bits per heavy atom. The predicted molar refractivity (Wildman–Crippen MR) is 173 cm³/mol. The monoisotopic (exact) mass is 596 g/mol. The smallest absolute Gasteiger partial charge is 0.410 e. The Hall–Kier alpha value is -4.17. The van der Waals surface area contributed by atoms with Gasteiger partial charge in [0.15, 0.2) is 0 Å². The highest BCUT2D eigenvalue weighted by Gasteiger charge is 2.35. The van der Waals surface area contributed by atoms with Gasteiger partial charge < -0.3 is 19.4 Å². The van der Waals surface area contributed by atoms with Gasteiger partial charge in [0.05, 0.1) is 17.6 Å². The molecule has 0 saturated carbocycles. The highest BCUT2D eigenvalue weighted by molar-refractivity contribution is 5.79. The number of amides is 1. The summed E-state index contributed by atoms with van der Waals surface area (Å²) >= 11 is 0. The largest absolute Gasteiger partial charge is 0.459 e. The first-order chi connectivity index (χ1) is 20.8. The molecule has 1 N–H and O–H groups in total.